The third kappa shape index (κ3) is 3.38. The lowest BCUT2D eigenvalue weighted by Crippen LogP contribution is -2.35. The minimum atomic E-state index is -1.25. The summed E-state index contributed by atoms with van der Waals surface area (Å²) in [5, 5.41) is 11.0. The van der Waals surface area contributed by atoms with Gasteiger partial charge in [-0.05, 0) is 30.7 Å². The van der Waals surface area contributed by atoms with E-state index < -0.39 is 24.5 Å². The summed E-state index contributed by atoms with van der Waals surface area (Å²) in [6, 6.07) is 6.21. The van der Waals surface area contributed by atoms with Crippen LogP contribution in [0.5, 0.6) is 5.75 Å². The smallest absolute Gasteiger partial charge is 0.329 e. The molecular formula is C14H14N2O5. The van der Waals surface area contributed by atoms with E-state index in [9.17, 15) is 14.4 Å². The molecule has 2 rings (SSSR count). The van der Waals surface area contributed by atoms with Crippen LogP contribution in [0.2, 0.25) is 0 Å². The molecule has 0 aliphatic carbocycles. The van der Waals surface area contributed by atoms with E-state index in [2.05, 4.69) is 5.32 Å². The number of aliphatic carboxylic acids is 1. The summed E-state index contributed by atoms with van der Waals surface area (Å²) in [6.07, 6.45) is 1.48. The average molecular weight is 290 g/mol. The second-order valence-corrected chi connectivity index (χ2v) is 4.28. The Morgan fingerprint density at radius 1 is 1.33 bits per heavy atom. The molecule has 1 saturated heterocycles. The lowest BCUT2D eigenvalue weighted by atomic mass is 10.2. The fourth-order valence-electron chi connectivity index (χ4n) is 1.84. The lowest BCUT2D eigenvalue weighted by Gasteiger charge is -2.06. The number of benzene rings is 1. The second-order valence-electron chi connectivity index (χ2n) is 4.28. The van der Waals surface area contributed by atoms with Gasteiger partial charge in [-0.25, -0.2) is 9.69 Å². The predicted octanol–water partition coefficient (Wildman–Crippen LogP) is 1.06. The van der Waals surface area contributed by atoms with Gasteiger partial charge in [0, 0.05) is 0 Å². The first-order valence-corrected chi connectivity index (χ1v) is 6.30. The lowest BCUT2D eigenvalue weighted by molar-refractivity contribution is -0.140. The van der Waals surface area contributed by atoms with Gasteiger partial charge in [0.1, 0.15) is 18.0 Å². The fourth-order valence-corrected chi connectivity index (χ4v) is 1.84. The number of carboxylic acids is 1. The van der Waals surface area contributed by atoms with Crippen molar-refractivity contribution in [1.29, 1.82) is 0 Å². The number of rotatable bonds is 5. The minimum absolute atomic E-state index is 0.0467. The molecular weight excluding hydrogens is 276 g/mol. The summed E-state index contributed by atoms with van der Waals surface area (Å²) in [7, 11) is 0. The summed E-state index contributed by atoms with van der Waals surface area (Å²) in [4.78, 5) is 34.7. The maximum atomic E-state index is 11.9. The van der Waals surface area contributed by atoms with Gasteiger partial charge in [-0.1, -0.05) is 12.1 Å². The van der Waals surface area contributed by atoms with Crippen LogP contribution in [-0.4, -0.2) is 41.1 Å². The van der Waals surface area contributed by atoms with Gasteiger partial charge in [0.05, 0.1) is 6.61 Å². The van der Waals surface area contributed by atoms with Crippen molar-refractivity contribution in [3.05, 3.63) is 35.5 Å². The van der Waals surface area contributed by atoms with Gasteiger partial charge < -0.3 is 15.2 Å². The number of carbonyl (C=O) groups excluding carboxylic acids is 2. The van der Waals surface area contributed by atoms with Crippen molar-refractivity contribution in [2.75, 3.05) is 13.2 Å². The van der Waals surface area contributed by atoms with Crippen LogP contribution in [0.3, 0.4) is 0 Å². The molecule has 0 spiro atoms. The van der Waals surface area contributed by atoms with Crippen molar-refractivity contribution < 1.29 is 24.2 Å². The number of nitrogens with one attached hydrogen (secondary N) is 1. The second kappa shape index (κ2) is 6.08. The molecule has 1 fully saturated rings. The van der Waals surface area contributed by atoms with E-state index in [-0.39, 0.29) is 5.70 Å². The summed E-state index contributed by atoms with van der Waals surface area (Å²) < 4.78 is 5.30. The molecule has 1 aromatic carbocycles. The molecule has 3 amide bonds. The summed E-state index contributed by atoms with van der Waals surface area (Å²) in [6.45, 7) is 1.77. The zero-order valence-corrected chi connectivity index (χ0v) is 11.3. The van der Waals surface area contributed by atoms with Gasteiger partial charge in [-0.15, -0.1) is 0 Å². The van der Waals surface area contributed by atoms with E-state index >= 15 is 0 Å². The molecule has 7 nitrogen and oxygen atoms in total. The molecule has 0 atom stereocenters. The molecule has 21 heavy (non-hydrogen) atoms. The Bertz CT molecular complexity index is 606. The van der Waals surface area contributed by atoms with Gasteiger partial charge in [-0.3, -0.25) is 9.59 Å². The monoisotopic (exact) mass is 290 g/mol. The predicted molar refractivity (Wildman–Crippen MR) is 73.5 cm³/mol. The molecule has 1 aliphatic heterocycles. The maximum absolute atomic E-state index is 11.9. The normalized spacial score (nSPS) is 16.2. The highest BCUT2D eigenvalue weighted by atomic mass is 16.5. The molecule has 2 N–H and O–H groups in total. The zero-order chi connectivity index (χ0) is 15.4. The Morgan fingerprint density at radius 3 is 2.57 bits per heavy atom. The molecule has 110 valence electrons. The first kappa shape index (κ1) is 14.6. The molecule has 1 aromatic rings. The first-order chi connectivity index (χ1) is 10.0. The van der Waals surface area contributed by atoms with Crippen molar-refractivity contribution >= 4 is 24.0 Å². The van der Waals surface area contributed by atoms with Crippen molar-refractivity contribution in [2.45, 2.75) is 6.92 Å². The summed E-state index contributed by atoms with van der Waals surface area (Å²) >= 11 is 0. The molecule has 0 saturated carbocycles. The molecule has 0 unspecified atom stereocenters. The highest BCUT2D eigenvalue weighted by Crippen LogP contribution is 2.17. The number of hydrogen-bond donors (Lipinski definition) is 2. The largest absolute Gasteiger partial charge is 0.494 e. The quantitative estimate of drug-likeness (QED) is 0.624. The molecule has 0 bridgehead atoms. The Morgan fingerprint density at radius 2 is 2.00 bits per heavy atom. The van der Waals surface area contributed by atoms with Gasteiger partial charge in [0.2, 0.25) is 0 Å². The van der Waals surface area contributed by atoms with E-state index in [0.29, 0.717) is 22.8 Å². The zero-order valence-electron chi connectivity index (χ0n) is 11.3. The van der Waals surface area contributed by atoms with Crippen LogP contribution in [0.4, 0.5) is 4.79 Å². The van der Waals surface area contributed by atoms with Gasteiger partial charge >= 0.3 is 12.0 Å². The minimum Gasteiger partial charge on any atom is -0.494 e. The number of amides is 3. The van der Waals surface area contributed by atoms with E-state index in [1.807, 2.05) is 6.92 Å². The Balaban J connectivity index is 2.16. The van der Waals surface area contributed by atoms with Crippen molar-refractivity contribution in [3.63, 3.8) is 0 Å². The number of hydrogen-bond acceptors (Lipinski definition) is 4. The number of urea groups is 1. The Kier molecular flexibility index (Phi) is 4.22. The maximum Gasteiger partial charge on any atom is 0.329 e. The Hall–Kier alpha value is -2.83. The standard InChI is InChI=1S/C14H14N2O5/c1-2-21-10-5-3-9(4-6-10)7-11-13(19)16(8-12(17)18)14(20)15-11/h3-7H,2,8H2,1H3,(H,15,20)(H,17,18)/b11-7+. The highest BCUT2D eigenvalue weighted by Gasteiger charge is 2.34. The van der Waals surface area contributed by atoms with E-state index in [4.69, 9.17) is 9.84 Å². The van der Waals surface area contributed by atoms with E-state index in [0.717, 1.165) is 0 Å². The molecule has 0 radical (unpaired) electrons. The number of carboxylic acid groups (broad SMARTS) is 1. The van der Waals surface area contributed by atoms with Gasteiger partial charge in [0.25, 0.3) is 5.91 Å². The number of ether oxygens (including phenoxy) is 1. The fraction of sp³-hybridized carbons (Fsp3) is 0.214. The summed E-state index contributed by atoms with van der Waals surface area (Å²) in [5.41, 5.74) is 0.740. The van der Waals surface area contributed by atoms with Crippen molar-refractivity contribution in [2.24, 2.45) is 0 Å². The third-order valence-corrected chi connectivity index (χ3v) is 2.76. The highest BCUT2D eigenvalue weighted by molar-refractivity contribution is 6.15. The third-order valence-electron chi connectivity index (χ3n) is 2.76. The molecule has 1 aliphatic rings. The van der Waals surface area contributed by atoms with E-state index in [1.54, 1.807) is 24.3 Å². The van der Waals surface area contributed by atoms with Crippen LogP contribution >= 0.6 is 0 Å². The van der Waals surface area contributed by atoms with Crippen LogP contribution in [0, 0.1) is 0 Å². The van der Waals surface area contributed by atoms with Crippen LogP contribution in [0.1, 0.15) is 12.5 Å². The van der Waals surface area contributed by atoms with Crippen LogP contribution in [0.25, 0.3) is 6.08 Å². The number of nitrogens with zero attached hydrogens (tertiary/aromatic N) is 1. The Labute approximate surface area is 120 Å². The number of carbonyl (C=O) groups is 3. The average Bonchev–Trinajstić information content (AvgIpc) is 2.69. The first-order valence-electron chi connectivity index (χ1n) is 6.30. The molecule has 1 heterocycles. The van der Waals surface area contributed by atoms with Crippen LogP contribution in [-0.2, 0) is 9.59 Å². The summed E-state index contributed by atoms with van der Waals surface area (Å²) in [5.74, 6) is -1.20. The van der Waals surface area contributed by atoms with Crippen molar-refractivity contribution in [3.8, 4) is 5.75 Å². The van der Waals surface area contributed by atoms with Crippen LogP contribution in [0.15, 0.2) is 30.0 Å². The SMILES string of the molecule is CCOc1ccc(/C=C2/NC(=O)N(CC(=O)O)C2=O)cc1. The molecule has 7 heteroatoms. The molecule has 0 aromatic heterocycles. The van der Waals surface area contributed by atoms with E-state index in [1.165, 1.54) is 6.08 Å². The van der Waals surface area contributed by atoms with Crippen LogP contribution < -0.4 is 10.1 Å². The topological polar surface area (TPSA) is 95.9 Å². The van der Waals surface area contributed by atoms with Crippen molar-refractivity contribution in [1.82, 2.24) is 10.2 Å². The number of imide groups is 1. The van der Waals surface area contributed by atoms with Gasteiger partial charge in [-0.2, -0.15) is 0 Å². The van der Waals surface area contributed by atoms with Gasteiger partial charge in [0.15, 0.2) is 0 Å².